The third-order valence-electron chi connectivity index (χ3n) is 2.87. The van der Waals surface area contributed by atoms with Gasteiger partial charge in [0.25, 0.3) is 0 Å². The summed E-state index contributed by atoms with van der Waals surface area (Å²) in [5.41, 5.74) is 0. The Morgan fingerprint density at radius 1 is 1.29 bits per heavy atom. The Morgan fingerprint density at radius 2 is 1.88 bits per heavy atom. The summed E-state index contributed by atoms with van der Waals surface area (Å²) in [5, 5.41) is 0. The van der Waals surface area contributed by atoms with Crippen LogP contribution < -0.4 is 0 Å². The molecule has 0 saturated heterocycles. The maximum atomic E-state index is 12.0. The molecule has 3 nitrogen and oxygen atoms in total. The molecule has 0 radical (unpaired) electrons. The van der Waals surface area contributed by atoms with E-state index in [0.717, 1.165) is 12.8 Å². The molecule has 0 unspecified atom stereocenters. The van der Waals surface area contributed by atoms with Crippen molar-refractivity contribution >= 4 is 53.9 Å². The predicted octanol–water partition coefficient (Wildman–Crippen LogP) is 4.62. The van der Waals surface area contributed by atoms with Gasteiger partial charge in [0.15, 0.2) is 2.14 Å². The van der Waals surface area contributed by atoms with E-state index < -0.39 is 2.14 Å². The van der Waals surface area contributed by atoms with Gasteiger partial charge in [-0.05, 0) is 19.8 Å². The van der Waals surface area contributed by atoms with Gasteiger partial charge in [0.05, 0.1) is 13.2 Å². The fourth-order valence-corrected chi connectivity index (χ4v) is 2.95. The van der Waals surface area contributed by atoms with Crippen LogP contribution in [0.1, 0.15) is 39.0 Å². The van der Waals surface area contributed by atoms with Crippen LogP contribution in [0.25, 0.3) is 0 Å². The number of alkyl halides is 3. The number of amides is 1. The Hall–Kier alpha value is 0.710. The lowest BCUT2D eigenvalue weighted by Crippen LogP contribution is -2.45. The van der Waals surface area contributed by atoms with Crippen LogP contribution in [-0.4, -0.2) is 32.3 Å². The summed E-state index contributed by atoms with van der Waals surface area (Å²) >= 11 is 10.3. The molecule has 1 fully saturated rings. The SMILES string of the molecule is CCOC(=O)N(CC(Br)(Br)Br)C1CCCCC1. The topological polar surface area (TPSA) is 29.5 Å². The van der Waals surface area contributed by atoms with Gasteiger partial charge in [0.2, 0.25) is 0 Å². The van der Waals surface area contributed by atoms with E-state index in [-0.39, 0.29) is 6.09 Å². The molecule has 0 bridgehead atoms. The quantitative estimate of drug-likeness (QED) is 0.605. The van der Waals surface area contributed by atoms with Crippen LogP contribution in [0.2, 0.25) is 0 Å². The Labute approximate surface area is 128 Å². The first kappa shape index (κ1) is 15.8. The van der Waals surface area contributed by atoms with Crippen LogP contribution >= 0.6 is 47.8 Å². The van der Waals surface area contributed by atoms with E-state index in [4.69, 9.17) is 4.74 Å². The Balaban J connectivity index is 2.66. The van der Waals surface area contributed by atoms with Crippen molar-refractivity contribution in [2.75, 3.05) is 13.2 Å². The highest BCUT2D eigenvalue weighted by Crippen LogP contribution is 2.36. The number of halogens is 3. The van der Waals surface area contributed by atoms with Crippen molar-refractivity contribution in [3.05, 3.63) is 0 Å². The maximum absolute atomic E-state index is 12.0. The van der Waals surface area contributed by atoms with Gasteiger partial charge in [0, 0.05) is 6.04 Å². The molecule has 1 rings (SSSR count). The average molecular weight is 436 g/mol. The summed E-state index contributed by atoms with van der Waals surface area (Å²) < 4.78 is 4.69. The maximum Gasteiger partial charge on any atom is 0.410 e. The number of hydrogen-bond acceptors (Lipinski definition) is 2. The van der Waals surface area contributed by atoms with Crippen LogP contribution in [0.4, 0.5) is 4.79 Å². The van der Waals surface area contributed by atoms with Gasteiger partial charge >= 0.3 is 6.09 Å². The third kappa shape index (κ3) is 5.92. The van der Waals surface area contributed by atoms with Gasteiger partial charge in [-0.15, -0.1) is 0 Å². The molecular weight excluding hydrogens is 418 g/mol. The van der Waals surface area contributed by atoms with Crippen molar-refractivity contribution in [2.24, 2.45) is 0 Å². The molecular formula is C11H18Br3NO2. The number of rotatable bonds is 3. The second kappa shape index (κ2) is 7.34. The van der Waals surface area contributed by atoms with Crippen molar-refractivity contribution in [1.29, 1.82) is 0 Å². The van der Waals surface area contributed by atoms with Gasteiger partial charge in [-0.1, -0.05) is 67.1 Å². The minimum Gasteiger partial charge on any atom is -0.450 e. The number of carbonyl (C=O) groups is 1. The molecule has 1 aliphatic carbocycles. The van der Waals surface area contributed by atoms with Gasteiger partial charge < -0.3 is 9.64 Å². The molecule has 0 aliphatic heterocycles. The zero-order chi connectivity index (χ0) is 12.9. The van der Waals surface area contributed by atoms with Crippen LogP contribution in [-0.2, 0) is 4.74 Å². The molecule has 0 aromatic rings. The highest BCUT2D eigenvalue weighted by Gasteiger charge is 2.32. The van der Waals surface area contributed by atoms with Gasteiger partial charge in [-0.25, -0.2) is 4.79 Å². The summed E-state index contributed by atoms with van der Waals surface area (Å²) in [6, 6.07) is 0.301. The van der Waals surface area contributed by atoms with E-state index in [0.29, 0.717) is 19.2 Å². The Bertz CT molecular complexity index is 250. The minimum atomic E-state index is -0.433. The van der Waals surface area contributed by atoms with E-state index >= 15 is 0 Å². The number of carbonyl (C=O) groups excluding carboxylic acids is 1. The van der Waals surface area contributed by atoms with Gasteiger partial charge in [-0.2, -0.15) is 0 Å². The summed E-state index contributed by atoms with van der Waals surface area (Å²) in [4.78, 5) is 13.8. The van der Waals surface area contributed by atoms with Crippen LogP contribution in [0.15, 0.2) is 0 Å². The van der Waals surface area contributed by atoms with Gasteiger partial charge in [-0.3, -0.25) is 0 Å². The molecule has 0 aromatic heterocycles. The second-order valence-corrected chi connectivity index (χ2v) is 11.5. The van der Waals surface area contributed by atoms with Crippen molar-refractivity contribution in [3.8, 4) is 0 Å². The zero-order valence-corrected chi connectivity index (χ0v) is 14.7. The standard InChI is InChI=1S/C11H18Br3NO2/c1-2-17-10(16)15(8-11(12,13)14)9-6-4-3-5-7-9/h9H,2-8H2,1H3. The molecule has 6 heteroatoms. The zero-order valence-electron chi connectivity index (χ0n) is 9.92. The predicted molar refractivity (Wildman–Crippen MR) is 80.1 cm³/mol. The average Bonchev–Trinajstić information content (AvgIpc) is 2.26. The first-order valence-electron chi connectivity index (χ1n) is 5.94. The highest BCUT2D eigenvalue weighted by atomic mass is 80.0. The van der Waals surface area contributed by atoms with Crippen molar-refractivity contribution in [1.82, 2.24) is 4.90 Å². The van der Waals surface area contributed by atoms with E-state index in [1.807, 2.05) is 11.8 Å². The molecule has 17 heavy (non-hydrogen) atoms. The number of nitrogens with zero attached hydrogens (tertiary/aromatic N) is 1. The molecule has 0 spiro atoms. The Morgan fingerprint density at radius 3 is 2.35 bits per heavy atom. The molecule has 100 valence electrons. The smallest absolute Gasteiger partial charge is 0.410 e. The fraction of sp³-hybridized carbons (Fsp3) is 0.909. The Kier molecular flexibility index (Phi) is 6.80. The first-order chi connectivity index (χ1) is 7.94. The lowest BCUT2D eigenvalue weighted by Gasteiger charge is -2.35. The van der Waals surface area contributed by atoms with Crippen molar-refractivity contribution in [3.63, 3.8) is 0 Å². The summed E-state index contributed by atoms with van der Waals surface area (Å²) in [6.07, 6.45) is 5.59. The molecule has 0 atom stereocenters. The first-order valence-corrected chi connectivity index (χ1v) is 8.32. The van der Waals surface area contributed by atoms with E-state index in [1.54, 1.807) is 0 Å². The largest absolute Gasteiger partial charge is 0.450 e. The molecule has 1 aliphatic rings. The van der Waals surface area contributed by atoms with E-state index in [9.17, 15) is 4.79 Å². The number of ether oxygens (including phenoxy) is 1. The monoisotopic (exact) mass is 433 g/mol. The fourth-order valence-electron chi connectivity index (χ4n) is 2.13. The van der Waals surface area contributed by atoms with Crippen molar-refractivity contribution in [2.45, 2.75) is 47.2 Å². The van der Waals surface area contributed by atoms with Crippen LogP contribution in [0.5, 0.6) is 0 Å². The molecule has 0 heterocycles. The lowest BCUT2D eigenvalue weighted by atomic mass is 9.94. The van der Waals surface area contributed by atoms with E-state index in [1.165, 1.54) is 19.3 Å². The van der Waals surface area contributed by atoms with Gasteiger partial charge in [0.1, 0.15) is 0 Å². The molecule has 0 N–H and O–H groups in total. The summed E-state index contributed by atoms with van der Waals surface area (Å²) in [6.45, 7) is 2.79. The molecule has 1 amide bonds. The highest BCUT2D eigenvalue weighted by molar-refractivity contribution is 9.39. The lowest BCUT2D eigenvalue weighted by molar-refractivity contribution is 0.0828. The van der Waals surface area contributed by atoms with E-state index in [2.05, 4.69) is 47.8 Å². The molecule has 1 saturated carbocycles. The second-order valence-electron chi connectivity index (χ2n) is 4.23. The summed E-state index contributed by atoms with van der Waals surface area (Å²) in [7, 11) is 0. The number of hydrogen-bond donors (Lipinski definition) is 0. The minimum absolute atomic E-state index is 0.220. The summed E-state index contributed by atoms with van der Waals surface area (Å²) in [5.74, 6) is 0. The normalized spacial score (nSPS) is 17.9. The van der Waals surface area contributed by atoms with Crippen LogP contribution in [0.3, 0.4) is 0 Å². The third-order valence-corrected chi connectivity index (χ3v) is 3.62. The van der Waals surface area contributed by atoms with Crippen LogP contribution in [0, 0.1) is 0 Å². The van der Waals surface area contributed by atoms with Crippen molar-refractivity contribution < 1.29 is 9.53 Å². The molecule has 0 aromatic carbocycles.